The van der Waals surface area contributed by atoms with Crippen LogP contribution in [0, 0.1) is 10.1 Å². The number of nitrogens with two attached hydrogens (primary N) is 1. The summed E-state index contributed by atoms with van der Waals surface area (Å²) in [4.78, 5) is 26.2. The Bertz CT molecular complexity index is 1560. The highest BCUT2D eigenvalue weighted by Crippen LogP contribution is 2.29. The molecule has 206 valence electrons. The number of morpholine rings is 1. The van der Waals surface area contributed by atoms with E-state index < -0.39 is 10.8 Å². The van der Waals surface area contributed by atoms with Crippen molar-refractivity contribution in [2.75, 3.05) is 39.1 Å². The molecule has 0 unspecified atom stereocenters. The Labute approximate surface area is 226 Å². The molecule has 5 rings (SSSR count). The standard InChI is InChI=1S/C24H24N10O6/c1-38-19-6-5-15(11-17(19)14-32-7-9-39-10-8-32)13-26-28-24(35)20-21(16-3-2-4-18(12-16)34(36)37)33(31-27-20)23-22(25)29-40-30-23/h2-6,11-13H,7-10,14H2,1H3,(H2,25,29)(H,28,35)/b26-13+. The fourth-order valence-electron chi connectivity index (χ4n) is 4.17. The Morgan fingerprint density at radius 3 is 2.80 bits per heavy atom. The van der Waals surface area contributed by atoms with Gasteiger partial charge in [0.15, 0.2) is 5.69 Å². The number of carbonyl (C=O) groups is 1. The van der Waals surface area contributed by atoms with E-state index in [1.54, 1.807) is 13.2 Å². The molecule has 3 heterocycles. The van der Waals surface area contributed by atoms with Crippen molar-refractivity contribution in [3.05, 3.63) is 69.4 Å². The number of aromatic nitrogens is 5. The van der Waals surface area contributed by atoms with Gasteiger partial charge >= 0.3 is 0 Å². The number of rotatable bonds is 9. The number of benzene rings is 2. The normalized spacial score (nSPS) is 13.9. The van der Waals surface area contributed by atoms with Gasteiger partial charge in [-0.1, -0.05) is 17.3 Å². The van der Waals surface area contributed by atoms with Crippen LogP contribution >= 0.6 is 0 Å². The molecule has 0 bridgehead atoms. The molecule has 1 aliphatic rings. The van der Waals surface area contributed by atoms with E-state index in [1.165, 1.54) is 24.4 Å². The number of hydrazone groups is 1. The summed E-state index contributed by atoms with van der Waals surface area (Å²) in [5.41, 5.74) is 9.90. The van der Waals surface area contributed by atoms with Crippen molar-refractivity contribution in [2.24, 2.45) is 5.10 Å². The topological polar surface area (TPSA) is 202 Å². The number of nitro groups is 1. The lowest BCUT2D eigenvalue weighted by molar-refractivity contribution is -0.384. The molecule has 2 aromatic carbocycles. The summed E-state index contributed by atoms with van der Waals surface area (Å²) in [6, 6.07) is 11.2. The minimum Gasteiger partial charge on any atom is -0.496 e. The Kier molecular flexibility index (Phi) is 7.70. The van der Waals surface area contributed by atoms with Crippen molar-refractivity contribution >= 4 is 23.6 Å². The van der Waals surface area contributed by atoms with Crippen LogP contribution in [0.5, 0.6) is 5.75 Å². The first kappa shape index (κ1) is 26.4. The summed E-state index contributed by atoms with van der Waals surface area (Å²) in [5.74, 6) is -0.134. The molecule has 0 radical (unpaired) electrons. The lowest BCUT2D eigenvalue weighted by Gasteiger charge is -2.27. The third kappa shape index (κ3) is 5.62. The zero-order chi connectivity index (χ0) is 28.1. The quantitative estimate of drug-likeness (QED) is 0.173. The molecular weight excluding hydrogens is 524 g/mol. The molecule has 0 atom stereocenters. The van der Waals surface area contributed by atoms with Gasteiger partial charge in [0.25, 0.3) is 11.6 Å². The van der Waals surface area contributed by atoms with Crippen LogP contribution in [0.1, 0.15) is 21.6 Å². The predicted octanol–water partition coefficient (Wildman–Crippen LogP) is 1.41. The maximum absolute atomic E-state index is 13.1. The highest BCUT2D eigenvalue weighted by Gasteiger charge is 2.26. The molecule has 40 heavy (non-hydrogen) atoms. The van der Waals surface area contributed by atoms with Crippen LogP contribution in [-0.4, -0.2) is 80.7 Å². The van der Waals surface area contributed by atoms with Crippen LogP contribution < -0.4 is 15.9 Å². The zero-order valence-electron chi connectivity index (χ0n) is 21.3. The maximum atomic E-state index is 13.1. The predicted molar refractivity (Wildman–Crippen MR) is 140 cm³/mol. The fourth-order valence-corrected chi connectivity index (χ4v) is 4.17. The molecule has 2 aromatic heterocycles. The number of hydrogen-bond donors (Lipinski definition) is 2. The summed E-state index contributed by atoms with van der Waals surface area (Å²) in [7, 11) is 1.61. The van der Waals surface area contributed by atoms with Gasteiger partial charge in [-0.25, -0.2) is 10.1 Å². The first-order chi connectivity index (χ1) is 19.4. The Hall–Kier alpha value is -5.22. The van der Waals surface area contributed by atoms with Gasteiger partial charge < -0.3 is 15.2 Å². The number of nitrogens with one attached hydrogen (secondary N) is 1. The number of carbonyl (C=O) groups excluding carboxylic acids is 1. The van der Waals surface area contributed by atoms with Crippen LogP contribution in [-0.2, 0) is 11.3 Å². The number of non-ortho nitro benzene ring substituents is 1. The van der Waals surface area contributed by atoms with Gasteiger partial charge in [0, 0.05) is 42.9 Å². The first-order valence-corrected chi connectivity index (χ1v) is 12.0. The van der Waals surface area contributed by atoms with E-state index in [0.29, 0.717) is 19.8 Å². The molecular formula is C24H24N10O6. The molecule has 1 fully saturated rings. The van der Waals surface area contributed by atoms with E-state index in [-0.39, 0.29) is 34.3 Å². The first-order valence-electron chi connectivity index (χ1n) is 12.0. The highest BCUT2D eigenvalue weighted by molar-refractivity contribution is 5.99. The van der Waals surface area contributed by atoms with Gasteiger partial charge in [-0.3, -0.25) is 19.8 Å². The number of hydrogen-bond acceptors (Lipinski definition) is 13. The smallest absolute Gasteiger partial charge is 0.294 e. The van der Waals surface area contributed by atoms with Crippen molar-refractivity contribution in [3.8, 4) is 22.8 Å². The van der Waals surface area contributed by atoms with Gasteiger partial charge in [0.05, 0.1) is 31.5 Å². The van der Waals surface area contributed by atoms with Crippen molar-refractivity contribution in [1.82, 2.24) is 35.6 Å². The van der Waals surface area contributed by atoms with Crippen LogP contribution in [0.2, 0.25) is 0 Å². The molecule has 3 N–H and O–H groups in total. The van der Waals surface area contributed by atoms with E-state index in [1.807, 2.05) is 18.2 Å². The molecule has 4 aromatic rings. The number of nitrogen functional groups attached to an aromatic ring is 1. The number of methoxy groups -OCH3 is 1. The summed E-state index contributed by atoms with van der Waals surface area (Å²) >= 11 is 0. The Morgan fingerprint density at radius 2 is 2.08 bits per heavy atom. The van der Waals surface area contributed by atoms with Crippen LogP contribution in [0.15, 0.2) is 52.2 Å². The lowest BCUT2D eigenvalue weighted by atomic mass is 10.1. The largest absolute Gasteiger partial charge is 0.496 e. The summed E-state index contributed by atoms with van der Waals surface area (Å²) in [6.45, 7) is 3.68. The van der Waals surface area contributed by atoms with Crippen molar-refractivity contribution in [2.45, 2.75) is 6.54 Å². The van der Waals surface area contributed by atoms with Crippen molar-refractivity contribution < 1.29 is 23.8 Å². The Morgan fingerprint density at radius 1 is 1.25 bits per heavy atom. The number of amides is 1. The van der Waals surface area contributed by atoms with Crippen molar-refractivity contribution in [1.29, 1.82) is 0 Å². The second-order valence-corrected chi connectivity index (χ2v) is 8.64. The average Bonchev–Trinajstić information content (AvgIpc) is 3.60. The van der Waals surface area contributed by atoms with E-state index in [4.69, 9.17) is 15.2 Å². The molecule has 0 aliphatic carbocycles. The molecule has 1 amide bonds. The van der Waals surface area contributed by atoms with Gasteiger partial charge in [0.1, 0.15) is 11.4 Å². The van der Waals surface area contributed by atoms with Gasteiger partial charge in [-0.05, 0) is 34.1 Å². The second kappa shape index (κ2) is 11.7. The zero-order valence-corrected chi connectivity index (χ0v) is 21.3. The molecule has 16 nitrogen and oxygen atoms in total. The van der Waals surface area contributed by atoms with Gasteiger partial charge in [-0.2, -0.15) is 9.78 Å². The number of anilines is 1. The number of nitro benzene ring substituents is 1. The average molecular weight is 549 g/mol. The lowest BCUT2D eigenvalue weighted by Crippen LogP contribution is -2.35. The second-order valence-electron chi connectivity index (χ2n) is 8.64. The van der Waals surface area contributed by atoms with Gasteiger partial charge in [0.2, 0.25) is 11.6 Å². The monoisotopic (exact) mass is 548 g/mol. The molecule has 1 aliphatic heterocycles. The fraction of sp³-hybridized carbons (Fsp3) is 0.250. The molecule has 0 spiro atoms. The molecule has 16 heteroatoms. The molecule has 1 saturated heterocycles. The van der Waals surface area contributed by atoms with E-state index >= 15 is 0 Å². The SMILES string of the molecule is COc1ccc(/C=N/NC(=O)c2nnn(-c3nonc3N)c2-c2cccc([N+](=O)[O-])c2)cc1CN1CCOCC1. The minimum absolute atomic E-state index is 0.0393. The van der Waals surface area contributed by atoms with E-state index in [0.717, 1.165) is 34.6 Å². The third-order valence-electron chi connectivity index (χ3n) is 6.09. The number of ether oxygens (including phenoxy) is 2. The third-order valence-corrected chi connectivity index (χ3v) is 6.09. The van der Waals surface area contributed by atoms with Crippen LogP contribution in [0.4, 0.5) is 11.5 Å². The number of nitrogens with zero attached hydrogens (tertiary/aromatic N) is 8. The maximum Gasteiger partial charge on any atom is 0.294 e. The molecule has 0 saturated carbocycles. The van der Waals surface area contributed by atoms with E-state index in [2.05, 4.69) is 40.7 Å². The summed E-state index contributed by atoms with van der Waals surface area (Å²) in [5, 5.41) is 30.6. The van der Waals surface area contributed by atoms with Gasteiger partial charge in [-0.15, -0.1) is 5.10 Å². The van der Waals surface area contributed by atoms with Crippen molar-refractivity contribution in [3.63, 3.8) is 0 Å². The summed E-state index contributed by atoms with van der Waals surface area (Å²) in [6.07, 6.45) is 1.48. The summed E-state index contributed by atoms with van der Waals surface area (Å²) < 4.78 is 16.7. The van der Waals surface area contributed by atoms with E-state index in [9.17, 15) is 14.9 Å². The minimum atomic E-state index is -0.721. The highest BCUT2D eigenvalue weighted by atomic mass is 16.6. The Balaban J connectivity index is 1.40. The van der Waals surface area contributed by atoms with Crippen LogP contribution in [0.25, 0.3) is 17.1 Å². The van der Waals surface area contributed by atoms with Crippen LogP contribution in [0.3, 0.4) is 0 Å².